The predicted molar refractivity (Wildman–Crippen MR) is 79.9 cm³/mol. The second-order valence-corrected chi connectivity index (χ2v) is 6.59. The summed E-state index contributed by atoms with van der Waals surface area (Å²) in [6, 6.07) is 0. The molecule has 1 aliphatic heterocycles. The monoisotopic (exact) mass is 290 g/mol. The Hall–Kier alpha value is -1.24. The first kappa shape index (κ1) is 12.5. The molecule has 1 fully saturated rings. The van der Waals surface area contributed by atoms with Crippen LogP contribution in [0.2, 0.25) is 0 Å². The van der Waals surface area contributed by atoms with Crippen LogP contribution in [0.4, 0.5) is 5.82 Å². The lowest BCUT2D eigenvalue weighted by Crippen LogP contribution is -2.15. The van der Waals surface area contributed by atoms with Crippen molar-refractivity contribution in [1.29, 1.82) is 0 Å². The van der Waals surface area contributed by atoms with Crippen LogP contribution in [0.3, 0.4) is 0 Å². The third-order valence-electron chi connectivity index (χ3n) is 4.18. The fourth-order valence-corrected chi connectivity index (χ4v) is 4.52. The van der Waals surface area contributed by atoms with Crippen LogP contribution in [0.25, 0.3) is 10.2 Å². The lowest BCUT2D eigenvalue weighted by molar-refractivity contribution is 0.110. The van der Waals surface area contributed by atoms with E-state index in [2.05, 4.69) is 10.4 Å². The average Bonchev–Trinajstić information content (AvgIpc) is 3.13. The zero-order chi connectivity index (χ0) is 13.5. The largest absolute Gasteiger partial charge is 0.378 e. The molecule has 0 saturated carbocycles. The molecular weight excluding hydrogens is 272 g/mol. The van der Waals surface area contributed by atoms with Crippen molar-refractivity contribution in [3.8, 4) is 0 Å². The number of nitrogens with two attached hydrogens (primary N) is 1. The fraction of sp³-hybridized carbons (Fsp3) is 0.571. The van der Waals surface area contributed by atoms with Gasteiger partial charge in [0.15, 0.2) is 5.82 Å². The van der Waals surface area contributed by atoms with Gasteiger partial charge in [-0.3, -0.25) is 0 Å². The molecule has 2 aliphatic rings. The van der Waals surface area contributed by atoms with E-state index in [0.29, 0.717) is 0 Å². The first-order valence-corrected chi connectivity index (χ1v) is 8.06. The van der Waals surface area contributed by atoms with E-state index >= 15 is 0 Å². The Balaban J connectivity index is 1.76. The standard InChI is InChI=1S/C14H18N4OS/c15-18-13-12-9-4-1-5-10(9)20-14(12)17-11(16-13)7-8-3-2-6-19-8/h8H,1-7,15H2,(H,16,17,18). The van der Waals surface area contributed by atoms with E-state index < -0.39 is 0 Å². The van der Waals surface area contributed by atoms with E-state index in [1.165, 1.54) is 23.3 Å². The van der Waals surface area contributed by atoms with Gasteiger partial charge in [-0.15, -0.1) is 11.3 Å². The third kappa shape index (κ3) is 1.99. The summed E-state index contributed by atoms with van der Waals surface area (Å²) >= 11 is 1.80. The highest BCUT2D eigenvalue weighted by molar-refractivity contribution is 7.19. The Kier molecular flexibility index (Phi) is 3.09. The molecule has 1 atom stereocenters. The van der Waals surface area contributed by atoms with Crippen molar-refractivity contribution in [3.63, 3.8) is 0 Å². The maximum absolute atomic E-state index is 5.68. The molecule has 0 radical (unpaired) electrons. The minimum atomic E-state index is 0.268. The van der Waals surface area contributed by atoms with Crippen molar-refractivity contribution in [3.05, 3.63) is 16.3 Å². The van der Waals surface area contributed by atoms with E-state index in [4.69, 9.17) is 15.6 Å². The van der Waals surface area contributed by atoms with Crippen molar-refractivity contribution in [2.45, 2.75) is 44.6 Å². The molecule has 106 valence electrons. The zero-order valence-corrected chi connectivity index (χ0v) is 12.1. The van der Waals surface area contributed by atoms with Crippen molar-refractivity contribution < 1.29 is 4.74 Å². The SMILES string of the molecule is NNc1nc(CC2CCCO2)nc2sc3c(c12)CCC3. The predicted octanol–water partition coefficient (Wildman–Crippen LogP) is 2.19. The number of thiophene rings is 1. The number of fused-ring (bicyclic) bond motifs is 3. The molecule has 3 heterocycles. The molecule has 0 bridgehead atoms. The molecule has 0 amide bonds. The summed E-state index contributed by atoms with van der Waals surface area (Å²) in [5, 5.41) is 1.14. The van der Waals surface area contributed by atoms with Crippen LogP contribution in [-0.4, -0.2) is 22.7 Å². The van der Waals surface area contributed by atoms with Gasteiger partial charge in [-0.05, 0) is 37.7 Å². The van der Waals surface area contributed by atoms with Gasteiger partial charge in [-0.2, -0.15) is 0 Å². The number of nitrogen functional groups attached to an aromatic ring is 1. The first-order chi connectivity index (χ1) is 9.85. The van der Waals surface area contributed by atoms with Gasteiger partial charge in [0.1, 0.15) is 10.7 Å². The van der Waals surface area contributed by atoms with E-state index in [1.807, 2.05) is 0 Å². The number of hydrogen-bond acceptors (Lipinski definition) is 6. The highest BCUT2D eigenvalue weighted by Gasteiger charge is 2.23. The Labute approximate surface area is 121 Å². The van der Waals surface area contributed by atoms with E-state index in [0.717, 1.165) is 54.1 Å². The summed E-state index contributed by atoms with van der Waals surface area (Å²) in [5.41, 5.74) is 4.17. The minimum Gasteiger partial charge on any atom is -0.378 e. The van der Waals surface area contributed by atoms with Crippen molar-refractivity contribution in [1.82, 2.24) is 9.97 Å². The molecule has 0 spiro atoms. The topological polar surface area (TPSA) is 73.1 Å². The lowest BCUT2D eigenvalue weighted by Gasteiger charge is -2.10. The van der Waals surface area contributed by atoms with E-state index in [1.54, 1.807) is 11.3 Å². The quantitative estimate of drug-likeness (QED) is 0.669. The number of nitrogens with one attached hydrogen (secondary N) is 1. The Morgan fingerprint density at radius 3 is 3.05 bits per heavy atom. The molecule has 1 aliphatic carbocycles. The molecule has 1 unspecified atom stereocenters. The molecule has 3 N–H and O–H groups in total. The maximum Gasteiger partial charge on any atom is 0.152 e. The Morgan fingerprint density at radius 1 is 1.30 bits per heavy atom. The fourth-order valence-electron chi connectivity index (χ4n) is 3.24. The minimum absolute atomic E-state index is 0.268. The number of ether oxygens (including phenoxy) is 1. The molecule has 5 nitrogen and oxygen atoms in total. The number of rotatable bonds is 3. The first-order valence-electron chi connectivity index (χ1n) is 7.24. The molecule has 4 rings (SSSR count). The summed E-state index contributed by atoms with van der Waals surface area (Å²) in [6.07, 6.45) is 6.83. The van der Waals surface area contributed by atoms with E-state index in [-0.39, 0.29) is 6.10 Å². The zero-order valence-electron chi connectivity index (χ0n) is 11.3. The number of hydrogen-bond donors (Lipinski definition) is 2. The Morgan fingerprint density at radius 2 is 2.25 bits per heavy atom. The van der Waals surface area contributed by atoms with Gasteiger partial charge in [-0.25, -0.2) is 15.8 Å². The number of hydrazine groups is 1. The third-order valence-corrected chi connectivity index (χ3v) is 5.37. The van der Waals surface area contributed by atoms with Gasteiger partial charge in [0, 0.05) is 17.9 Å². The molecule has 1 saturated heterocycles. The van der Waals surface area contributed by atoms with Gasteiger partial charge in [0.05, 0.1) is 11.5 Å². The van der Waals surface area contributed by atoms with Crippen LogP contribution in [0, 0.1) is 0 Å². The summed E-state index contributed by atoms with van der Waals surface area (Å²) in [6.45, 7) is 0.863. The van der Waals surface area contributed by atoms with Crippen LogP contribution < -0.4 is 11.3 Å². The summed E-state index contributed by atoms with van der Waals surface area (Å²) in [5.74, 6) is 7.30. The molecule has 6 heteroatoms. The number of anilines is 1. The van der Waals surface area contributed by atoms with Gasteiger partial charge in [-0.1, -0.05) is 0 Å². The maximum atomic E-state index is 5.68. The van der Waals surface area contributed by atoms with Gasteiger partial charge in [0.25, 0.3) is 0 Å². The molecular formula is C14H18N4OS. The van der Waals surface area contributed by atoms with Crippen LogP contribution in [0.5, 0.6) is 0 Å². The summed E-state index contributed by atoms with van der Waals surface area (Å²) < 4.78 is 5.68. The smallest absolute Gasteiger partial charge is 0.152 e. The van der Waals surface area contributed by atoms with E-state index in [9.17, 15) is 0 Å². The second-order valence-electron chi connectivity index (χ2n) is 5.51. The molecule has 2 aromatic heterocycles. The average molecular weight is 290 g/mol. The number of aromatic nitrogens is 2. The summed E-state index contributed by atoms with van der Waals surface area (Å²) in [7, 11) is 0. The second kappa shape index (κ2) is 4.95. The van der Waals surface area contributed by atoms with Crippen molar-refractivity contribution >= 4 is 27.4 Å². The molecule has 0 aromatic carbocycles. The van der Waals surface area contributed by atoms with Crippen LogP contribution >= 0.6 is 11.3 Å². The number of nitrogens with zero attached hydrogens (tertiary/aromatic N) is 2. The van der Waals surface area contributed by atoms with Gasteiger partial charge in [0.2, 0.25) is 0 Å². The van der Waals surface area contributed by atoms with Crippen molar-refractivity contribution in [2.75, 3.05) is 12.0 Å². The van der Waals surface area contributed by atoms with Crippen LogP contribution in [-0.2, 0) is 24.0 Å². The molecule has 2 aromatic rings. The molecule has 20 heavy (non-hydrogen) atoms. The van der Waals surface area contributed by atoms with Crippen LogP contribution in [0.15, 0.2) is 0 Å². The van der Waals surface area contributed by atoms with Gasteiger partial charge >= 0.3 is 0 Å². The van der Waals surface area contributed by atoms with Gasteiger partial charge < -0.3 is 10.2 Å². The highest BCUT2D eigenvalue weighted by Crippen LogP contribution is 2.39. The summed E-state index contributed by atoms with van der Waals surface area (Å²) in [4.78, 5) is 11.9. The lowest BCUT2D eigenvalue weighted by atomic mass is 10.1. The van der Waals surface area contributed by atoms with Crippen molar-refractivity contribution in [2.24, 2.45) is 5.84 Å². The van der Waals surface area contributed by atoms with Crippen LogP contribution in [0.1, 0.15) is 35.5 Å². The normalized spacial score (nSPS) is 21.6. The Bertz CT molecular complexity index is 648. The number of aryl methyl sites for hydroxylation is 2. The highest BCUT2D eigenvalue weighted by atomic mass is 32.1.